The highest BCUT2D eigenvalue weighted by Crippen LogP contribution is 2.28. The maximum absolute atomic E-state index is 13.6. The maximum Gasteiger partial charge on any atom is 0.257 e. The van der Waals surface area contributed by atoms with E-state index < -0.39 is 11.7 Å². The molecule has 0 aliphatic rings. The molecule has 2 aromatic carbocycles. The van der Waals surface area contributed by atoms with Crippen molar-refractivity contribution in [2.75, 3.05) is 5.32 Å². The average Bonchev–Trinajstić information content (AvgIpc) is 2.89. The molecule has 3 aromatic rings. The summed E-state index contributed by atoms with van der Waals surface area (Å²) < 4.78 is 14.9. The van der Waals surface area contributed by atoms with Crippen molar-refractivity contribution in [1.29, 1.82) is 0 Å². The van der Waals surface area contributed by atoms with Gasteiger partial charge in [0.05, 0.1) is 21.8 Å². The van der Waals surface area contributed by atoms with Crippen molar-refractivity contribution in [3.8, 4) is 0 Å². The number of carbonyl (C=O) groups excluding carboxylic acids is 2. The van der Waals surface area contributed by atoms with Crippen molar-refractivity contribution >= 4 is 51.6 Å². The van der Waals surface area contributed by atoms with E-state index in [9.17, 15) is 14.0 Å². The van der Waals surface area contributed by atoms with Crippen LogP contribution in [0.3, 0.4) is 0 Å². The molecule has 0 bridgehead atoms. The number of amides is 1. The Labute approximate surface area is 146 Å². The van der Waals surface area contributed by atoms with Crippen molar-refractivity contribution in [3.05, 3.63) is 64.0 Å². The van der Waals surface area contributed by atoms with Crippen molar-refractivity contribution in [3.63, 3.8) is 0 Å². The summed E-state index contributed by atoms with van der Waals surface area (Å²) >= 11 is 11.9. The highest BCUT2D eigenvalue weighted by Gasteiger charge is 2.18. The van der Waals surface area contributed by atoms with Crippen LogP contribution in [0.15, 0.2) is 42.6 Å². The SMILES string of the molecule is CC(=O)n1cc(C(=O)Nc2cc(Cl)ccc2Cl)c2cc(F)ccc21. The van der Waals surface area contributed by atoms with Gasteiger partial charge in [-0.2, -0.15) is 0 Å². The number of fused-ring (bicyclic) bond motifs is 1. The van der Waals surface area contributed by atoms with Crippen LogP contribution in [0.1, 0.15) is 22.1 Å². The molecule has 122 valence electrons. The minimum Gasteiger partial charge on any atom is -0.321 e. The Morgan fingerprint density at radius 3 is 2.58 bits per heavy atom. The highest BCUT2D eigenvalue weighted by molar-refractivity contribution is 6.36. The van der Waals surface area contributed by atoms with Gasteiger partial charge in [-0.3, -0.25) is 14.2 Å². The summed E-state index contributed by atoms with van der Waals surface area (Å²) in [5, 5.41) is 3.69. The topological polar surface area (TPSA) is 51.1 Å². The third-order valence-corrected chi connectivity index (χ3v) is 4.09. The van der Waals surface area contributed by atoms with E-state index in [4.69, 9.17) is 23.2 Å². The summed E-state index contributed by atoms with van der Waals surface area (Å²) in [7, 11) is 0. The molecule has 1 heterocycles. The number of rotatable bonds is 2. The first-order chi connectivity index (χ1) is 11.4. The van der Waals surface area contributed by atoms with Crippen LogP contribution in [0.25, 0.3) is 10.9 Å². The predicted octanol–water partition coefficient (Wildman–Crippen LogP) is 5.00. The fourth-order valence-electron chi connectivity index (χ4n) is 2.43. The molecule has 0 aliphatic carbocycles. The monoisotopic (exact) mass is 364 g/mol. The molecule has 4 nitrogen and oxygen atoms in total. The van der Waals surface area contributed by atoms with Gasteiger partial charge in [-0.1, -0.05) is 23.2 Å². The number of anilines is 1. The lowest BCUT2D eigenvalue weighted by Crippen LogP contribution is -2.12. The van der Waals surface area contributed by atoms with Crippen LogP contribution >= 0.6 is 23.2 Å². The first kappa shape index (κ1) is 16.5. The van der Waals surface area contributed by atoms with Gasteiger partial charge in [-0.15, -0.1) is 0 Å². The van der Waals surface area contributed by atoms with Gasteiger partial charge in [0.25, 0.3) is 5.91 Å². The molecule has 0 unspecified atom stereocenters. The number of benzene rings is 2. The second-order valence-electron chi connectivity index (χ2n) is 5.17. The van der Waals surface area contributed by atoms with E-state index in [2.05, 4.69) is 5.32 Å². The molecule has 24 heavy (non-hydrogen) atoms. The number of carbonyl (C=O) groups is 2. The van der Waals surface area contributed by atoms with Crippen LogP contribution in [0.5, 0.6) is 0 Å². The van der Waals surface area contributed by atoms with Crippen molar-refractivity contribution in [2.24, 2.45) is 0 Å². The molecule has 0 atom stereocenters. The summed E-state index contributed by atoms with van der Waals surface area (Å²) in [6.45, 7) is 1.36. The number of nitrogens with zero attached hydrogens (tertiary/aromatic N) is 1. The Bertz CT molecular complexity index is 982. The Morgan fingerprint density at radius 2 is 1.88 bits per heavy atom. The number of hydrogen-bond donors (Lipinski definition) is 1. The van der Waals surface area contributed by atoms with Crippen LogP contribution in [0.2, 0.25) is 10.0 Å². The smallest absolute Gasteiger partial charge is 0.257 e. The fourth-order valence-corrected chi connectivity index (χ4v) is 2.76. The van der Waals surface area contributed by atoms with E-state index in [1.165, 1.54) is 42.0 Å². The Balaban J connectivity index is 2.08. The lowest BCUT2D eigenvalue weighted by molar-refractivity contribution is 0.0941. The number of halogens is 3. The second kappa shape index (κ2) is 6.26. The van der Waals surface area contributed by atoms with Gasteiger partial charge in [0.2, 0.25) is 5.91 Å². The summed E-state index contributed by atoms with van der Waals surface area (Å²) in [6.07, 6.45) is 1.38. The third kappa shape index (κ3) is 3.00. The van der Waals surface area contributed by atoms with E-state index in [0.29, 0.717) is 26.6 Å². The average molecular weight is 365 g/mol. The molecule has 3 rings (SSSR count). The van der Waals surface area contributed by atoms with Gasteiger partial charge in [-0.25, -0.2) is 4.39 Å². The molecule has 7 heteroatoms. The molecule has 0 saturated carbocycles. The third-order valence-electron chi connectivity index (χ3n) is 3.53. The van der Waals surface area contributed by atoms with Crippen molar-refractivity contribution in [2.45, 2.75) is 6.92 Å². The lowest BCUT2D eigenvalue weighted by Gasteiger charge is -2.07. The van der Waals surface area contributed by atoms with Crippen LogP contribution < -0.4 is 5.32 Å². The standard InChI is InChI=1S/C17H11Cl2FN2O2/c1-9(23)22-8-13(12-7-11(20)3-5-16(12)22)17(24)21-15-6-10(18)2-4-14(15)19/h2-8H,1H3,(H,21,24). The largest absolute Gasteiger partial charge is 0.321 e. The quantitative estimate of drug-likeness (QED) is 0.695. The first-order valence-electron chi connectivity index (χ1n) is 6.95. The van der Waals surface area contributed by atoms with Gasteiger partial charge in [0.1, 0.15) is 5.82 Å². The lowest BCUT2D eigenvalue weighted by atomic mass is 10.1. The predicted molar refractivity (Wildman–Crippen MR) is 92.6 cm³/mol. The number of aromatic nitrogens is 1. The fraction of sp³-hybridized carbons (Fsp3) is 0.0588. The molecule has 1 N–H and O–H groups in total. The van der Waals surface area contributed by atoms with Gasteiger partial charge in [-0.05, 0) is 36.4 Å². The Kier molecular flexibility index (Phi) is 4.30. The van der Waals surface area contributed by atoms with E-state index in [1.807, 2.05) is 0 Å². The van der Waals surface area contributed by atoms with Gasteiger partial charge < -0.3 is 5.32 Å². The van der Waals surface area contributed by atoms with E-state index in [0.717, 1.165) is 0 Å². The Morgan fingerprint density at radius 1 is 1.12 bits per heavy atom. The summed E-state index contributed by atoms with van der Waals surface area (Å²) in [4.78, 5) is 24.3. The molecule has 1 amide bonds. The van der Waals surface area contributed by atoms with Gasteiger partial charge >= 0.3 is 0 Å². The number of nitrogens with one attached hydrogen (secondary N) is 1. The molecule has 1 aromatic heterocycles. The zero-order valence-electron chi connectivity index (χ0n) is 12.4. The molecule has 0 saturated heterocycles. The molecular formula is C17H11Cl2FN2O2. The van der Waals surface area contributed by atoms with E-state index in [-0.39, 0.29) is 11.5 Å². The summed E-state index contributed by atoms with van der Waals surface area (Å²) in [5.74, 6) is -1.31. The zero-order chi connectivity index (χ0) is 17.4. The van der Waals surface area contributed by atoms with Gasteiger partial charge in [0, 0.05) is 23.5 Å². The Hall–Kier alpha value is -2.37. The van der Waals surface area contributed by atoms with Crippen LogP contribution in [0.4, 0.5) is 10.1 Å². The number of hydrogen-bond acceptors (Lipinski definition) is 2. The van der Waals surface area contributed by atoms with Crippen molar-refractivity contribution in [1.82, 2.24) is 4.57 Å². The zero-order valence-corrected chi connectivity index (χ0v) is 14.0. The van der Waals surface area contributed by atoms with Crippen LogP contribution in [-0.2, 0) is 0 Å². The first-order valence-corrected chi connectivity index (χ1v) is 7.70. The minimum absolute atomic E-state index is 0.163. The molecule has 0 spiro atoms. The molecule has 0 radical (unpaired) electrons. The van der Waals surface area contributed by atoms with E-state index >= 15 is 0 Å². The maximum atomic E-state index is 13.6. The second-order valence-corrected chi connectivity index (χ2v) is 6.02. The van der Waals surface area contributed by atoms with E-state index in [1.54, 1.807) is 12.1 Å². The molecule has 0 fully saturated rings. The highest BCUT2D eigenvalue weighted by atomic mass is 35.5. The molecular weight excluding hydrogens is 354 g/mol. The van der Waals surface area contributed by atoms with Crippen LogP contribution in [0, 0.1) is 5.82 Å². The molecule has 0 aliphatic heterocycles. The normalized spacial score (nSPS) is 10.8. The summed E-state index contributed by atoms with van der Waals surface area (Å²) in [5.41, 5.74) is 0.941. The van der Waals surface area contributed by atoms with Gasteiger partial charge in [0.15, 0.2) is 0 Å². The summed E-state index contributed by atoms with van der Waals surface area (Å²) in [6, 6.07) is 8.55. The van der Waals surface area contributed by atoms with Crippen LogP contribution in [-0.4, -0.2) is 16.4 Å². The minimum atomic E-state index is -0.519. The van der Waals surface area contributed by atoms with Crippen molar-refractivity contribution < 1.29 is 14.0 Å².